The maximum Gasteiger partial charge on any atom is 0.347 e. The molecule has 0 saturated carbocycles. The van der Waals surface area contributed by atoms with Crippen molar-refractivity contribution >= 4 is 22.5 Å². The van der Waals surface area contributed by atoms with Gasteiger partial charge in [-0.2, -0.15) is 10.2 Å². The van der Waals surface area contributed by atoms with E-state index in [1.165, 1.54) is 6.07 Å². The Labute approximate surface area is 113 Å². The van der Waals surface area contributed by atoms with Gasteiger partial charge < -0.3 is 9.88 Å². The van der Waals surface area contributed by atoms with Crippen molar-refractivity contribution in [2.24, 2.45) is 0 Å². The van der Waals surface area contributed by atoms with Crippen LogP contribution >= 0.6 is 0 Å². The number of nitrogens with zero attached hydrogens (tertiary/aromatic N) is 4. The lowest BCUT2D eigenvalue weighted by atomic mass is 10.2. The second-order valence-electron chi connectivity index (χ2n) is 4.23. The first-order chi connectivity index (χ1) is 9.67. The number of nitriles is 1. The summed E-state index contributed by atoms with van der Waals surface area (Å²) >= 11 is 0. The SMILES string of the molecule is CN(c1ccc2nc[nH]c2c1)c1cc(C#N)[nH]c(=O)n1. The fourth-order valence-electron chi connectivity index (χ4n) is 1.94. The van der Waals surface area contributed by atoms with Crippen molar-refractivity contribution in [1.82, 2.24) is 19.9 Å². The molecule has 0 aliphatic rings. The Morgan fingerprint density at radius 3 is 3.00 bits per heavy atom. The van der Waals surface area contributed by atoms with E-state index in [9.17, 15) is 4.79 Å². The maximum absolute atomic E-state index is 11.4. The zero-order chi connectivity index (χ0) is 14.1. The Morgan fingerprint density at radius 2 is 2.20 bits per heavy atom. The number of nitrogens with one attached hydrogen (secondary N) is 2. The average molecular weight is 266 g/mol. The Morgan fingerprint density at radius 1 is 1.35 bits per heavy atom. The summed E-state index contributed by atoms with van der Waals surface area (Å²) in [5.41, 5.74) is 2.21. The molecule has 0 aliphatic heterocycles. The molecule has 0 amide bonds. The number of aromatic nitrogens is 4. The van der Waals surface area contributed by atoms with Crippen LogP contribution in [0.3, 0.4) is 0 Å². The van der Waals surface area contributed by atoms with Gasteiger partial charge in [-0.1, -0.05) is 0 Å². The number of aromatic amines is 2. The predicted molar refractivity (Wildman–Crippen MR) is 73.7 cm³/mol. The third-order valence-electron chi connectivity index (χ3n) is 2.99. The molecule has 3 rings (SSSR count). The van der Waals surface area contributed by atoms with Gasteiger partial charge in [0.15, 0.2) is 0 Å². The number of imidazole rings is 1. The topological polar surface area (TPSA) is 101 Å². The van der Waals surface area contributed by atoms with Crippen molar-refractivity contribution in [3.05, 3.63) is 46.8 Å². The van der Waals surface area contributed by atoms with Gasteiger partial charge in [0.2, 0.25) is 0 Å². The smallest absolute Gasteiger partial charge is 0.345 e. The summed E-state index contributed by atoms with van der Waals surface area (Å²) in [5.74, 6) is 0.407. The van der Waals surface area contributed by atoms with Crippen LogP contribution in [0.5, 0.6) is 0 Å². The van der Waals surface area contributed by atoms with Gasteiger partial charge in [0.05, 0.1) is 17.4 Å². The number of rotatable bonds is 2. The Balaban J connectivity index is 2.07. The Kier molecular flexibility index (Phi) is 2.69. The molecule has 0 radical (unpaired) electrons. The molecule has 3 aromatic rings. The highest BCUT2D eigenvalue weighted by molar-refractivity contribution is 5.80. The lowest BCUT2D eigenvalue weighted by Crippen LogP contribution is -2.19. The molecule has 0 fully saturated rings. The fraction of sp³-hybridized carbons (Fsp3) is 0.0769. The van der Waals surface area contributed by atoms with Crippen LogP contribution in [0.15, 0.2) is 35.4 Å². The third kappa shape index (κ3) is 1.99. The maximum atomic E-state index is 11.4. The van der Waals surface area contributed by atoms with Crippen molar-refractivity contribution < 1.29 is 0 Å². The van der Waals surface area contributed by atoms with Crippen molar-refractivity contribution in [1.29, 1.82) is 5.26 Å². The van der Waals surface area contributed by atoms with Gasteiger partial charge in [0.1, 0.15) is 17.6 Å². The van der Waals surface area contributed by atoms with Crippen molar-refractivity contribution in [2.75, 3.05) is 11.9 Å². The molecule has 98 valence electrons. The zero-order valence-electron chi connectivity index (χ0n) is 10.6. The summed E-state index contributed by atoms with van der Waals surface area (Å²) in [5, 5.41) is 8.87. The molecule has 2 heterocycles. The van der Waals surface area contributed by atoms with Gasteiger partial charge in [0.25, 0.3) is 0 Å². The van der Waals surface area contributed by atoms with E-state index in [0.29, 0.717) is 5.82 Å². The van der Waals surface area contributed by atoms with Crippen molar-refractivity contribution in [2.45, 2.75) is 0 Å². The molecule has 2 N–H and O–H groups in total. The van der Waals surface area contributed by atoms with Crippen LogP contribution in [-0.4, -0.2) is 27.0 Å². The van der Waals surface area contributed by atoms with Gasteiger partial charge >= 0.3 is 5.69 Å². The van der Waals surface area contributed by atoms with Crippen LogP contribution in [-0.2, 0) is 0 Å². The third-order valence-corrected chi connectivity index (χ3v) is 2.99. The summed E-state index contributed by atoms with van der Waals surface area (Å²) < 4.78 is 0. The lowest BCUT2D eigenvalue weighted by Gasteiger charge is -2.17. The van der Waals surface area contributed by atoms with Crippen LogP contribution < -0.4 is 10.6 Å². The van der Waals surface area contributed by atoms with Gasteiger partial charge in [-0.05, 0) is 18.2 Å². The van der Waals surface area contributed by atoms with Gasteiger partial charge in [0, 0.05) is 18.8 Å². The number of benzene rings is 1. The van der Waals surface area contributed by atoms with Crippen LogP contribution in [0.25, 0.3) is 11.0 Å². The normalized spacial score (nSPS) is 10.4. The highest BCUT2D eigenvalue weighted by atomic mass is 16.1. The molecular weight excluding hydrogens is 256 g/mol. The van der Waals surface area contributed by atoms with E-state index in [0.717, 1.165) is 16.7 Å². The summed E-state index contributed by atoms with van der Waals surface area (Å²) in [7, 11) is 1.78. The number of anilines is 2. The molecule has 1 aromatic carbocycles. The first kappa shape index (κ1) is 11.9. The van der Waals surface area contributed by atoms with E-state index in [1.807, 2.05) is 24.3 Å². The highest BCUT2D eigenvalue weighted by Crippen LogP contribution is 2.24. The summed E-state index contributed by atoms with van der Waals surface area (Å²) in [6, 6.07) is 9.07. The van der Waals surface area contributed by atoms with Gasteiger partial charge in [-0.25, -0.2) is 9.78 Å². The number of hydrogen-bond donors (Lipinski definition) is 2. The van der Waals surface area contributed by atoms with E-state index < -0.39 is 5.69 Å². The predicted octanol–water partition coefficient (Wildman–Crippen LogP) is 1.29. The van der Waals surface area contributed by atoms with Crippen LogP contribution in [0.1, 0.15) is 5.69 Å². The molecule has 2 aromatic heterocycles. The zero-order valence-corrected chi connectivity index (χ0v) is 10.6. The van der Waals surface area contributed by atoms with Gasteiger partial charge in [-0.3, -0.25) is 4.98 Å². The van der Waals surface area contributed by atoms with Crippen molar-refractivity contribution in [3.8, 4) is 6.07 Å². The van der Waals surface area contributed by atoms with Gasteiger partial charge in [-0.15, -0.1) is 0 Å². The molecule has 0 bridgehead atoms. The standard InChI is InChI=1S/C13H10N6O/c1-19(12-4-8(6-14)17-13(20)18-12)9-2-3-10-11(5-9)16-7-15-10/h2-5,7H,1H3,(H,15,16)(H,17,18,20). The molecular formula is C13H10N6O. The number of fused-ring (bicyclic) bond motifs is 1. The molecule has 0 spiro atoms. The Hall–Kier alpha value is -3.14. The van der Waals surface area contributed by atoms with E-state index >= 15 is 0 Å². The summed E-state index contributed by atoms with van der Waals surface area (Å²) in [6.07, 6.45) is 1.62. The number of H-pyrrole nitrogens is 2. The molecule has 0 aliphatic carbocycles. The number of hydrogen-bond acceptors (Lipinski definition) is 5. The molecule has 0 unspecified atom stereocenters. The Bertz CT molecular complexity index is 872. The molecule has 0 atom stereocenters. The summed E-state index contributed by atoms with van der Waals surface area (Å²) in [4.78, 5) is 26.5. The molecule has 20 heavy (non-hydrogen) atoms. The minimum absolute atomic E-state index is 0.175. The van der Waals surface area contributed by atoms with Crippen molar-refractivity contribution in [3.63, 3.8) is 0 Å². The van der Waals surface area contributed by atoms with Crippen LogP contribution in [0.4, 0.5) is 11.5 Å². The van der Waals surface area contributed by atoms with E-state index in [2.05, 4.69) is 19.9 Å². The van der Waals surface area contributed by atoms with E-state index in [1.54, 1.807) is 18.3 Å². The van der Waals surface area contributed by atoms with Crippen LogP contribution in [0.2, 0.25) is 0 Å². The van der Waals surface area contributed by atoms with E-state index in [-0.39, 0.29) is 5.69 Å². The molecule has 0 saturated heterocycles. The highest BCUT2D eigenvalue weighted by Gasteiger charge is 2.09. The van der Waals surface area contributed by atoms with Crippen LogP contribution in [0, 0.1) is 11.3 Å². The molecule has 7 heteroatoms. The minimum Gasteiger partial charge on any atom is -0.345 e. The molecule has 7 nitrogen and oxygen atoms in total. The largest absolute Gasteiger partial charge is 0.347 e. The second kappa shape index (κ2) is 4.51. The average Bonchev–Trinajstić information content (AvgIpc) is 2.93. The monoisotopic (exact) mass is 266 g/mol. The second-order valence-corrected chi connectivity index (χ2v) is 4.23. The van der Waals surface area contributed by atoms with E-state index in [4.69, 9.17) is 5.26 Å². The summed E-state index contributed by atoms with van der Waals surface area (Å²) in [6.45, 7) is 0. The first-order valence-corrected chi connectivity index (χ1v) is 5.86. The lowest BCUT2D eigenvalue weighted by molar-refractivity contribution is 1.01. The minimum atomic E-state index is -0.548. The fourth-order valence-corrected chi connectivity index (χ4v) is 1.94. The quantitative estimate of drug-likeness (QED) is 0.727. The first-order valence-electron chi connectivity index (χ1n) is 5.86.